The molecule has 0 aromatic carbocycles. The molecule has 0 aliphatic rings. The zero-order valence-corrected chi connectivity index (χ0v) is 47.5. The lowest BCUT2D eigenvalue weighted by atomic mass is 10.3. The Balaban J connectivity index is 0. The van der Waals surface area contributed by atoms with Crippen molar-refractivity contribution in [2.75, 3.05) is 212 Å². The van der Waals surface area contributed by atoms with E-state index in [-0.39, 0.29) is 130 Å². The van der Waals surface area contributed by atoms with Crippen molar-refractivity contribution in [1.82, 2.24) is 39.2 Å². The van der Waals surface area contributed by atoms with E-state index in [0.717, 1.165) is 0 Å². The van der Waals surface area contributed by atoms with Gasteiger partial charge in [0.25, 0.3) is 0 Å². The third-order valence-electron chi connectivity index (χ3n) is 12.2. The molecule has 0 saturated heterocycles. The molecule has 0 bridgehead atoms. The van der Waals surface area contributed by atoms with Gasteiger partial charge in [-0.1, -0.05) is 0 Å². The van der Waals surface area contributed by atoms with Crippen LogP contribution in [0.25, 0.3) is 0 Å². The Hall–Kier alpha value is -1.12. The molecule has 0 aromatic heterocycles. The van der Waals surface area contributed by atoms with Crippen LogP contribution < -0.4 is 0 Å². The van der Waals surface area contributed by atoms with Crippen LogP contribution in [0.2, 0.25) is 0 Å². The number of hydrogen-bond donors (Lipinski definition) is 12. The van der Waals surface area contributed by atoms with Crippen molar-refractivity contribution < 1.29 is 99.2 Å². The molecule has 0 heterocycles. The van der Waals surface area contributed by atoms with Crippen molar-refractivity contribution in [2.45, 2.75) is 104 Å². The molecule has 0 rings (SSSR count). The molecule has 0 aliphatic heterocycles. The summed E-state index contributed by atoms with van der Waals surface area (Å²) in [6.07, 6.45) is -1.74. The van der Waals surface area contributed by atoms with Crippen LogP contribution in [0.5, 0.6) is 0 Å². The molecular weight excluding hydrogens is 1010 g/mol. The van der Waals surface area contributed by atoms with E-state index in [0.29, 0.717) is 131 Å². The fourth-order valence-electron chi connectivity index (χ4n) is 8.10. The zero-order valence-electron chi connectivity index (χ0n) is 47.5. The average Bonchev–Trinajstić information content (AvgIpc) is 3.36. The summed E-state index contributed by atoms with van der Waals surface area (Å²) in [5, 5.41) is 112. The first-order chi connectivity index (χ1) is 36.4. The Labute approximate surface area is 453 Å². The Bertz CT molecular complexity index is 1180. The van der Waals surface area contributed by atoms with Gasteiger partial charge in [-0.3, -0.25) is 39.2 Å². The molecule has 28 heteroatoms. The number of aliphatic hydroxyl groups is 12. The van der Waals surface area contributed by atoms with Crippen molar-refractivity contribution in [3.05, 3.63) is 0 Å². The minimum absolute atomic E-state index is 0.130. The van der Waals surface area contributed by atoms with Crippen LogP contribution in [0.3, 0.4) is 0 Å². The number of ether oxygens (including phenoxy) is 8. The summed E-state index contributed by atoms with van der Waals surface area (Å²) >= 11 is 0. The number of rotatable bonds is 54. The molecule has 0 spiro atoms. The van der Waals surface area contributed by atoms with Gasteiger partial charge in [-0.2, -0.15) is 0 Å². The topological polar surface area (TPSA) is 343 Å². The fourth-order valence-corrected chi connectivity index (χ4v) is 8.10. The highest BCUT2D eigenvalue weighted by Crippen LogP contribution is 2.07. The minimum atomic E-state index is -0.380. The van der Waals surface area contributed by atoms with Gasteiger partial charge < -0.3 is 99.2 Å². The molecule has 0 aromatic rings. The van der Waals surface area contributed by atoms with Gasteiger partial charge in [-0.05, 0) is 55.4 Å². The summed E-state index contributed by atoms with van der Waals surface area (Å²) in [7, 11) is 0. The smallest absolute Gasteiger partial charge is 0.143 e. The monoisotopic (exact) mass is 1120 g/mol. The van der Waals surface area contributed by atoms with Crippen molar-refractivity contribution in [2.24, 2.45) is 0 Å². The van der Waals surface area contributed by atoms with Gasteiger partial charge in [-0.15, -0.1) is 0 Å². The van der Waals surface area contributed by atoms with Crippen LogP contribution in [-0.4, -0.2) is 361 Å². The average molecular weight is 1120 g/mol. The molecule has 0 radical (unpaired) electrons. The fraction of sp³-hybridized carbons (Fsp3) is 1.00. The SMILES string of the molecule is CC(CN(CO)CCN(CCN(CO)CC(C)OCO)CCN(CC(C)OCO)CC(C)OCO)OCO.CC(CN(CO)CCN(CCN(CO)CCN(CC(C)OCO)CC(C)OCO)CC(C)OCO)OCO. The molecule has 0 amide bonds. The molecule has 8 atom stereocenters. The summed E-state index contributed by atoms with van der Waals surface area (Å²) in [6, 6.07) is 0. The third-order valence-corrected chi connectivity index (χ3v) is 12.2. The summed E-state index contributed by atoms with van der Waals surface area (Å²) in [5.41, 5.74) is 0. The third kappa shape index (κ3) is 43.6. The first-order valence-electron chi connectivity index (χ1n) is 26.5. The standard InChI is InChI=1S/2C24H54N4O10/c1-21(35-17-31)11-26(12-22(2)36-18-32)8-5-25(6-9-27(15-29)13-23(3)37-19-33)7-10-28(16-30)14-24(4)38-20-34;1-21(35-17-31)11-25(6-10-28(16-30)14-24(4)38-20-34)5-7-26(15-29)8-9-27(12-22(2)36-18-32)13-23(3)37-19-33/h2*21-24,29-34H,5-20H2,1-4H3. The minimum Gasteiger partial charge on any atom is -0.381 e. The molecule has 460 valence electrons. The Morgan fingerprint density at radius 2 is 0.342 bits per heavy atom. The van der Waals surface area contributed by atoms with Gasteiger partial charge in [0.1, 0.15) is 54.3 Å². The van der Waals surface area contributed by atoms with Crippen LogP contribution in [-0.2, 0) is 37.9 Å². The van der Waals surface area contributed by atoms with Gasteiger partial charge in [0.05, 0.1) is 75.8 Å². The normalized spacial score (nSPS) is 15.6. The maximum atomic E-state index is 10.00. The van der Waals surface area contributed by atoms with Gasteiger partial charge in [0.2, 0.25) is 0 Å². The lowest BCUT2D eigenvalue weighted by Crippen LogP contribution is -2.47. The van der Waals surface area contributed by atoms with Crippen molar-refractivity contribution in [3.8, 4) is 0 Å². The zero-order chi connectivity index (χ0) is 57.5. The number of nitrogens with zero attached hydrogens (tertiary/aromatic N) is 8. The first kappa shape index (κ1) is 76.9. The van der Waals surface area contributed by atoms with Crippen molar-refractivity contribution in [3.63, 3.8) is 0 Å². The quantitative estimate of drug-likeness (QED) is 0.0254. The van der Waals surface area contributed by atoms with Gasteiger partial charge in [-0.25, -0.2) is 0 Å². The maximum absolute atomic E-state index is 10.00. The molecule has 0 aliphatic carbocycles. The highest BCUT2D eigenvalue weighted by molar-refractivity contribution is 4.74. The van der Waals surface area contributed by atoms with Gasteiger partial charge >= 0.3 is 0 Å². The highest BCUT2D eigenvalue weighted by Gasteiger charge is 2.21. The molecule has 28 nitrogen and oxygen atoms in total. The number of aliphatic hydroxyl groups excluding tert-OH is 12. The predicted octanol–water partition coefficient (Wildman–Crippen LogP) is -4.97. The van der Waals surface area contributed by atoms with E-state index in [2.05, 4.69) is 19.6 Å². The lowest BCUT2D eigenvalue weighted by molar-refractivity contribution is -0.0740. The van der Waals surface area contributed by atoms with E-state index in [9.17, 15) is 20.4 Å². The summed E-state index contributed by atoms with van der Waals surface area (Å²) < 4.78 is 41.9. The van der Waals surface area contributed by atoms with Crippen LogP contribution in [0.4, 0.5) is 0 Å². The first-order valence-corrected chi connectivity index (χ1v) is 26.5. The van der Waals surface area contributed by atoms with Crippen molar-refractivity contribution >= 4 is 0 Å². The van der Waals surface area contributed by atoms with E-state index in [4.69, 9.17) is 78.7 Å². The predicted molar refractivity (Wildman–Crippen MR) is 281 cm³/mol. The second-order valence-corrected chi connectivity index (χ2v) is 18.9. The Morgan fingerprint density at radius 3 is 0.539 bits per heavy atom. The van der Waals surface area contributed by atoms with E-state index in [1.807, 2.05) is 75.0 Å². The van der Waals surface area contributed by atoms with Crippen molar-refractivity contribution in [1.29, 1.82) is 0 Å². The van der Waals surface area contributed by atoms with Crippen LogP contribution in [0.1, 0.15) is 55.4 Å². The van der Waals surface area contributed by atoms with Crippen LogP contribution >= 0.6 is 0 Å². The van der Waals surface area contributed by atoms with E-state index >= 15 is 0 Å². The molecule has 8 unspecified atom stereocenters. The van der Waals surface area contributed by atoms with E-state index in [1.54, 1.807) is 0 Å². The van der Waals surface area contributed by atoms with Crippen LogP contribution in [0, 0.1) is 0 Å². The van der Waals surface area contributed by atoms with E-state index < -0.39 is 0 Å². The summed E-state index contributed by atoms with van der Waals surface area (Å²) in [6.45, 7) is 22.7. The van der Waals surface area contributed by atoms with Crippen LogP contribution in [0.15, 0.2) is 0 Å². The second-order valence-electron chi connectivity index (χ2n) is 18.9. The molecule has 12 N–H and O–H groups in total. The molecule has 76 heavy (non-hydrogen) atoms. The molecule has 0 saturated carbocycles. The maximum Gasteiger partial charge on any atom is 0.143 e. The number of hydrogen-bond acceptors (Lipinski definition) is 28. The largest absolute Gasteiger partial charge is 0.381 e. The summed E-state index contributed by atoms with van der Waals surface area (Å²) in [4.78, 5) is 16.0. The highest BCUT2D eigenvalue weighted by atomic mass is 16.6. The summed E-state index contributed by atoms with van der Waals surface area (Å²) in [5.74, 6) is 0. The second kappa shape index (κ2) is 52.0. The van der Waals surface area contributed by atoms with E-state index in [1.165, 1.54) is 0 Å². The Kier molecular flexibility index (Phi) is 52.6. The molecule has 0 fully saturated rings. The Morgan fingerprint density at radius 1 is 0.197 bits per heavy atom. The van der Waals surface area contributed by atoms with Gasteiger partial charge in [0.15, 0.2) is 0 Å². The lowest BCUT2D eigenvalue weighted by Gasteiger charge is -2.33. The molecular formula is C48H108N8O20. The van der Waals surface area contributed by atoms with Gasteiger partial charge in [0, 0.05) is 131 Å².